The highest BCUT2D eigenvalue weighted by Gasteiger charge is 2.71. The van der Waals surface area contributed by atoms with Crippen LogP contribution in [0.2, 0.25) is 0 Å². The van der Waals surface area contributed by atoms with Crippen LogP contribution in [0.5, 0.6) is 17.4 Å². The number of benzene rings is 2. The van der Waals surface area contributed by atoms with E-state index in [9.17, 15) is 32.8 Å². The fourth-order valence-corrected chi connectivity index (χ4v) is 8.74. The van der Waals surface area contributed by atoms with E-state index in [0.717, 1.165) is 0 Å². The van der Waals surface area contributed by atoms with Gasteiger partial charge in [0, 0.05) is 12.5 Å². The number of hydrogen-bond acceptors (Lipinski definition) is 17. The van der Waals surface area contributed by atoms with Gasteiger partial charge < -0.3 is 42.8 Å². The number of carbonyl (C=O) groups is 3. The summed E-state index contributed by atoms with van der Waals surface area (Å²) in [5, 5.41) is 14.8. The maximum absolute atomic E-state index is 13.4. The molecule has 0 aliphatic carbocycles. The summed E-state index contributed by atoms with van der Waals surface area (Å²) in [4.78, 5) is 50.0. The molecule has 2 aromatic heterocycles. The van der Waals surface area contributed by atoms with Gasteiger partial charge in [0.2, 0.25) is 0 Å². The van der Waals surface area contributed by atoms with Crippen molar-refractivity contribution in [2.75, 3.05) is 7.11 Å². The van der Waals surface area contributed by atoms with Gasteiger partial charge in [-0.15, -0.1) is 0 Å². The highest BCUT2D eigenvalue weighted by atomic mass is 32.2. The summed E-state index contributed by atoms with van der Waals surface area (Å²) in [7, 11) is -2.87. The normalized spacial score (nSPS) is 23.3. The summed E-state index contributed by atoms with van der Waals surface area (Å²) in [5.74, 6) is -1.77. The smallest absolute Gasteiger partial charge is 0.420 e. The average Bonchev–Trinajstić information content (AvgIpc) is 3.70. The number of carbonyl (C=O) groups excluding carboxylic acids is 3. The van der Waals surface area contributed by atoms with E-state index in [0.29, 0.717) is 29.1 Å². The van der Waals surface area contributed by atoms with Gasteiger partial charge >= 0.3 is 34.4 Å². The number of methoxy groups -OCH3 is 1. The fraction of sp³-hybridized carbons (Fsp3) is 0.364. The van der Waals surface area contributed by atoms with E-state index in [1.165, 1.54) is 68.6 Å². The molecule has 6 atom stereocenters. The summed E-state index contributed by atoms with van der Waals surface area (Å²) in [6, 6.07) is 14.5. The number of nitrogens with zero attached hydrogens (tertiary/aromatic N) is 2. The Morgan fingerprint density at radius 3 is 2.32 bits per heavy atom. The minimum atomic E-state index is -4.33. The maximum Gasteiger partial charge on any atom is 0.420 e. The number of esters is 3. The molecule has 4 aromatic rings. The van der Waals surface area contributed by atoms with Crippen molar-refractivity contribution >= 4 is 33.8 Å². The number of sulfone groups is 1. The van der Waals surface area contributed by atoms with Crippen LogP contribution in [0.1, 0.15) is 63.8 Å². The number of rotatable bonds is 17. The Labute approximate surface area is 362 Å². The van der Waals surface area contributed by atoms with Gasteiger partial charge in [-0.2, -0.15) is 0 Å². The summed E-state index contributed by atoms with van der Waals surface area (Å²) < 4.78 is 76.9. The first-order valence-corrected chi connectivity index (χ1v) is 21.2. The van der Waals surface area contributed by atoms with Gasteiger partial charge in [-0.3, -0.25) is 19.0 Å². The van der Waals surface area contributed by atoms with E-state index < -0.39 is 79.9 Å². The number of ether oxygens (including phenoxy) is 7. The molecule has 6 rings (SSSR count). The quantitative estimate of drug-likeness (QED) is 0.0557. The highest BCUT2D eigenvalue weighted by molar-refractivity contribution is 7.91. The minimum absolute atomic E-state index is 0.107. The van der Waals surface area contributed by atoms with Crippen molar-refractivity contribution in [2.45, 2.75) is 106 Å². The Morgan fingerprint density at radius 1 is 0.937 bits per heavy atom. The Hall–Kier alpha value is -6.57. The molecular weight excluding hydrogens is 845 g/mol. The van der Waals surface area contributed by atoms with E-state index in [1.807, 2.05) is 6.92 Å². The molecule has 2 saturated heterocycles. The molecule has 2 fully saturated rings. The fourth-order valence-electron chi connectivity index (χ4n) is 7.46. The van der Waals surface area contributed by atoms with Crippen LogP contribution in [0.25, 0.3) is 6.08 Å². The third-order valence-corrected chi connectivity index (χ3v) is 12.2. The first kappa shape index (κ1) is 45.9. The molecule has 2 bridgehead atoms. The van der Waals surface area contributed by atoms with Crippen molar-refractivity contribution in [3.63, 3.8) is 0 Å². The molecule has 2 aromatic carbocycles. The van der Waals surface area contributed by atoms with Crippen molar-refractivity contribution in [2.24, 2.45) is 0 Å². The first-order chi connectivity index (χ1) is 30.0. The molecule has 19 heteroatoms. The van der Waals surface area contributed by atoms with E-state index in [2.05, 4.69) is 9.79 Å². The second kappa shape index (κ2) is 19.2. The third kappa shape index (κ3) is 10.1. The summed E-state index contributed by atoms with van der Waals surface area (Å²) in [6.45, 7) is 8.22. The number of aromatic nitrogens is 2. The lowest BCUT2D eigenvalue weighted by Gasteiger charge is -2.48. The van der Waals surface area contributed by atoms with Crippen LogP contribution in [0.3, 0.4) is 0 Å². The molecule has 63 heavy (non-hydrogen) atoms. The predicted octanol–water partition coefficient (Wildman–Crippen LogP) is 5.42. The molecule has 0 unspecified atom stereocenters. The van der Waals surface area contributed by atoms with Crippen LogP contribution in [0, 0.1) is 12.1 Å². The summed E-state index contributed by atoms with van der Waals surface area (Å²) in [6.07, 6.45) is 6.37. The number of hydrogen-bond donors (Lipinski definition) is 0. The monoisotopic (exact) mass is 890 g/mol. The first-order valence-electron chi connectivity index (χ1n) is 19.7. The lowest BCUT2D eigenvalue weighted by atomic mass is 9.77. The van der Waals surface area contributed by atoms with Gasteiger partial charge in [0.1, 0.15) is 41.2 Å². The Kier molecular flexibility index (Phi) is 14.0. The van der Waals surface area contributed by atoms with Crippen LogP contribution in [-0.2, 0) is 54.5 Å². The topological polar surface area (TPSA) is 233 Å². The van der Waals surface area contributed by atoms with Gasteiger partial charge in [0.25, 0.3) is 9.84 Å². The van der Waals surface area contributed by atoms with Crippen molar-refractivity contribution in [3.8, 4) is 17.4 Å². The number of allylic oxidation sites excluding steroid dienone is 4. The van der Waals surface area contributed by atoms with Gasteiger partial charge in [0.15, 0.2) is 12.2 Å². The zero-order valence-electron chi connectivity index (χ0n) is 35.2. The summed E-state index contributed by atoms with van der Waals surface area (Å²) >= 11 is 0. The predicted molar refractivity (Wildman–Crippen MR) is 219 cm³/mol. The molecule has 0 N–H and O–H groups in total. The molecule has 2 aliphatic heterocycles. The minimum Gasteiger partial charge on any atom is -0.496 e. The highest BCUT2D eigenvalue weighted by Crippen LogP contribution is 2.52. The molecule has 0 amide bonds. The number of fused-ring (bicyclic) bond motifs is 2. The van der Waals surface area contributed by atoms with Crippen molar-refractivity contribution < 1.29 is 69.9 Å². The van der Waals surface area contributed by atoms with Crippen LogP contribution in [0.15, 0.2) is 115 Å². The van der Waals surface area contributed by atoms with Crippen LogP contribution >= 0.6 is 0 Å². The summed E-state index contributed by atoms with van der Waals surface area (Å²) in [5.41, 5.74) is -1.83. The van der Waals surface area contributed by atoms with E-state index >= 15 is 0 Å². The molecule has 18 nitrogen and oxygen atoms in total. The Morgan fingerprint density at radius 2 is 1.63 bits per heavy atom. The van der Waals surface area contributed by atoms with Crippen LogP contribution in [0.4, 0.5) is 0 Å². The van der Waals surface area contributed by atoms with Crippen molar-refractivity contribution in [1.82, 2.24) is 5.16 Å². The van der Waals surface area contributed by atoms with Gasteiger partial charge in [-0.05, 0) is 68.0 Å². The van der Waals surface area contributed by atoms with Gasteiger partial charge in [-0.1, -0.05) is 67.6 Å². The van der Waals surface area contributed by atoms with Crippen molar-refractivity contribution in [3.05, 3.63) is 124 Å². The van der Waals surface area contributed by atoms with Crippen LogP contribution < -0.4 is 20.0 Å². The SMILES string of the molecule is CC[C@H]1O[C@@]2(C)[C@H](OC(C)=O)[C@@]1(C)O[C@@H](/C=C/C=C/C=C/c1oc(=O)cc(OC)c1C)[C@@H]2OC(=O)CCC(=O)OCc1ccc(Oc2no[n+]([O-])c2S(=O)(=O)c2ccccc2)cc1. The maximum atomic E-state index is 13.4. The average molecular weight is 891 g/mol. The molecule has 0 radical (unpaired) electrons. The molecular formula is C44H46N2O16S. The second-order valence-corrected chi connectivity index (χ2v) is 16.7. The van der Waals surface area contributed by atoms with E-state index in [1.54, 1.807) is 63.3 Å². The van der Waals surface area contributed by atoms with Crippen molar-refractivity contribution in [1.29, 1.82) is 0 Å². The molecule has 4 heterocycles. The standard InChI is InChI=1S/C44H46N2O16S/c1-7-35-43(4)42(56-28(3)47)44(5,61-35)39(33(60-43)18-14-9-8-13-17-32-27(2)34(54-6)25-38(50)58-32)59-37(49)24-23-36(48)55-26-29-19-21-30(22-20-29)57-40-41(46(51)62-45-40)63(52,53)31-15-11-10-12-16-31/h8-22,25,33,35,39,42H,7,23-24,26H2,1-6H3/b9-8+,17-13+,18-14+/t33-,35+,39-,42+,43-,44+/m0/s1. The lowest BCUT2D eigenvalue weighted by molar-refractivity contribution is -0.832. The lowest BCUT2D eigenvalue weighted by Crippen LogP contribution is -2.66. The largest absolute Gasteiger partial charge is 0.496 e. The molecule has 0 saturated carbocycles. The van der Waals surface area contributed by atoms with Gasteiger partial charge in [0.05, 0.1) is 42.2 Å². The molecule has 334 valence electrons. The molecule has 2 aliphatic rings. The van der Waals surface area contributed by atoms with E-state index in [-0.39, 0.29) is 35.0 Å². The van der Waals surface area contributed by atoms with Crippen LogP contribution in [-0.4, -0.2) is 74.2 Å². The molecule has 0 spiro atoms. The Bertz CT molecular complexity index is 2570. The zero-order chi connectivity index (χ0) is 45.5. The third-order valence-electron chi connectivity index (χ3n) is 10.5. The van der Waals surface area contributed by atoms with E-state index in [4.69, 9.17) is 37.6 Å². The second-order valence-electron chi connectivity index (χ2n) is 14.9. The van der Waals surface area contributed by atoms with Gasteiger partial charge in [-0.25, -0.2) is 13.2 Å². The Balaban J connectivity index is 1.08. The zero-order valence-corrected chi connectivity index (χ0v) is 36.0.